The van der Waals surface area contributed by atoms with Crippen LogP contribution in [-0.2, 0) is 9.59 Å². The Bertz CT molecular complexity index is 1170. The van der Waals surface area contributed by atoms with Crippen LogP contribution in [0, 0.1) is 23.6 Å². The summed E-state index contributed by atoms with van der Waals surface area (Å²) in [5.74, 6) is 1.89. The van der Waals surface area contributed by atoms with Crippen molar-refractivity contribution in [2.75, 3.05) is 19.6 Å². The van der Waals surface area contributed by atoms with Gasteiger partial charge in [0.25, 0.3) is 5.91 Å². The maximum absolute atomic E-state index is 13.6. The molecule has 2 atom stereocenters. The van der Waals surface area contributed by atoms with E-state index in [1.54, 1.807) is 6.07 Å². The average Bonchev–Trinajstić information content (AvgIpc) is 3.76. The number of rotatable bonds is 6. The summed E-state index contributed by atoms with van der Waals surface area (Å²) >= 11 is 0. The molecule has 2 saturated carbocycles. The highest BCUT2D eigenvalue weighted by atomic mass is 19.1. The third-order valence-corrected chi connectivity index (χ3v) is 7.98. The number of halogens is 1. The molecule has 2 aromatic carbocycles. The Hall–Kier alpha value is -3.02. The second kappa shape index (κ2) is 8.03. The van der Waals surface area contributed by atoms with Gasteiger partial charge in [0.15, 0.2) is 0 Å². The molecular formula is C28H30FN3O2. The van der Waals surface area contributed by atoms with Gasteiger partial charge in [0.1, 0.15) is 17.2 Å². The zero-order valence-corrected chi connectivity index (χ0v) is 19.5. The minimum absolute atomic E-state index is 0.118. The predicted octanol–water partition coefficient (Wildman–Crippen LogP) is 4.51. The lowest BCUT2D eigenvalue weighted by atomic mass is 9.92. The number of aliphatic imine (C=N–C) groups is 1. The fraction of sp³-hybridized carbons (Fsp3) is 0.464. The van der Waals surface area contributed by atoms with Gasteiger partial charge in [-0.05, 0) is 67.2 Å². The molecular weight excluding hydrogens is 429 g/mol. The molecule has 1 saturated heterocycles. The Morgan fingerprint density at radius 1 is 1.09 bits per heavy atom. The van der Waals surface area contributed by atoms with Crippen molar-refractivity contribution >= 4 is 17.6 Å². The molecule has 0 aromatic heterocycles. The van der Waals surface area contributed by atoms with Crippen LogP contribution in [0.4, 0.5) is 4.39 Å². The molecule has 34 heavy (non-hydrogen) atoms. The summed E-state index contributed by atoms with van der Waals surface area (Å²) in [7, 11) is 0. The van der Waals surface area contributed by atoms with Gasteiger partial charge in [-0.25, -0.2) is 4.39 Å². The second-order valence-corrected chi connectivity index (χ2v) is 10.6. The zero-order chi connectivity index (χ0) is 23.4. The number of likely N-dealkylation sites (tertiary alicyclic amines) is 1. The zero-order valence-electron chi connectivity index (χ0n) is 19.5. The molecule has 2 aromatic rings. The summed E-state index contributed by atoms with van der Waals surface area (Å²) in [5.41, 5.74) is 2.12. The molecule has 176 valence electrons. The molecule has 1 spiro atoms. The quantitative estimate of drug-likeness (QED) is 0.638. The van der Waals surface area contributed by atoms with Crippen molar-refractivity contribution in [1.29, 1.82) is 0 Å². The minimum Gasteiger partial charge on any atom is -0.342 e. The molecule has 2 aliphatic carbocycles. The van der Waals surface area contributed by atoms with Gasteiger partial charge in [-0.3, -0.25) is 19.5 Å². The van der Waals surface area contributed by atoms with Crippen LogP contribution >= 0.6 is 0 Å². The Labute approximate surface area is 199 Å². The minimum atomic E-state index is -0.556. The van der Waals surface area contributed by atoms with Crippen LogP contribution in [0.25, 0.3) is 11.1 Å². The van der Waals surface area contributed by atoms with Crippen LogP contribution in [0.3, 0.4) is 0 Å². The van der Waals surface area contributed by atoms with Crippen LogP contribution in [0.1, 0.15) is 44.6 Å². The summed E-state index contributed by atoms with van der Waals surface area (Å²) in [6, 6.07) is 14.5. The molecule has 6 rings (SSSR count). The summed E-state index contributed by atoms with van der Waals surface area (Å²) in [6.45, 7) is 4.47. The molecule has 2 unspecified atom stereocenters. The molecule has 6 heteroatoms. The summed E-state index contributed by atoms with van der Waals surface area (Å²) < 4.78 is 13.6. The van der Waals surface area contributed by atoms with Crippen LogP contribution in [0.5, 0.6) is 0 Å². The van der Waals surface area contributed by atoms with E-state index in [2.05, 4.69) is 6.92 Å². The van der Waals surface area contributed by atoms with Crippen LogP contribution in [0.2, 0.25) is 0 Å². The lowest BCUT2D eigenvalue weighted by Gasteiger charge is -2.27. The van der Waals surface area contributed by atoms with E-state index in [-0.39, 0.29) is 23.6 Å². The third kappa shape index (κ3) is 3.83. The second-order valence-electron chi connectivity index (χ2n) is 10.6. The Morgan fingerprint density at radius 2 is 1.82 bits per heavy atom. The molecule has 2 heterocycles. The van der Waals surface area contributed by atoms with E-state index < -0.39 is 5.54 Å². The van der Waals surface area contributed by atoms with Gasteiger partial charge in [0.2, 0.25) is 5.91 Å². The maximum Gasteiger partial charge on any atom is 0.256 e. The van der Waals surface area contributed by atoms with E-state index >= 15 is 0 Å². The van der Waals surface area contributed by atoms with Gasteiger partial charge >= 0.3 is 0 Å². The highest BCUT2D eigenvalue weighted by Crippen LogP contribution is 2.46. The van der Waals surface area contributed by atoms with Crippen molar-refractivity contribution in [2.24, 2.45) is 22.7 Å². The fourth-order valence-electron chi connectivity index (χ4n) is 5.45. The SMILES string of the molecule is CC(CN1C(=O)C2(CC2)N=C1c1ccc(-c2cccc(F)c2)cc1)C1CCN(C(=O)C2CC2)C1. The van der Waals surface area contributed by atoms with Crippen LogP contribution in [0.15, 0.2) is 53.5 Å². The van der Waals surface area contributed by atoms with Crippen molar-refractivity contribution in [3.05, 3.63) is 59.9 Å². The normalized spacial score (nSPS) is 24.0. The number of hydrogen-bond acceptors (Lipinski definition) is 3. The lowest BCUT2D eigenvalue weighted by molar-refractivity contribution is -0.132. The molecule has 0 radical (unpaired) electrons. The van der Waals surface area contributed by atoms with E-state index in [1.807, 2.05) is 40.1 Å². The van der Waals surface area contributed by atoms with Gasteiger partial charge in [-0.15, -0.1) is 0 Å². The molecule has 4 aliphatic rings. The van der Waals surface area contributed by atoms with Gasteiger partial charge in [0, 0.05) is 31.1 Å². The number of benzene rings is 2. The molecule has 3 fully saturated rings. The first kappa shape index (κ1) is 21.5. The van der Waals surface area contributed by atoms with E-state index in [4.69, 9.17) is 4.99 Å². The highest BCUT2D eigenvalue weighted by Gasteiger charge is 2.57. The Morgan fingerprint density at radius 3 is 2.50 bits per heavy atom. The van der Waals surface area contributed by atoms with Gasteiger partial charge < -0.3 is 4.90 Å². The van der Waals surface area contributed by atoms with Crippen LogP contribution < -0.4 is 0 Å². The van der Waals surface area contributed by atoms with Crippen molar-refractivity contribution in [1.82, 2.24) is 9.80 Å². The molecule has 0 N–H and O–H groups in total. The van der Waals surface area contributed by atoms with Crippen LogP contribution in [-0.4, -0.2) is 52.6 Å². The molecule has 2 aliphatic heterocycles. The number of nitrogens with zero attached hydrogens (tertiary/aromatic N) is 3. The van der Waals surface area contributed by atoms with Crippen molar-refractivity contribution in [3.63, 3.8) is 0 Å². The van der Waals surface area contributed by atoms with Gasteiger partial charge in [-0.2, -0.15) is 0 Å². The number of amidine groups is 1. The summed E-state index contributed by atoms with van der Waals surface area (Å²) in [5, 5.41) is 0. The van der Waals surface area contributed by atoms with E-state index in [0.717, 1.165) is 67.7 Å². The fourth-order valence-corrected chi connectivity index (χ4v) is 5.45. The Kier molecular flexibility index (Phi) is 5.08. The summed E-state index contributed by atoms with van der Waals surface area (Å²) in [4.78, 5) is 34.6. The Balaban J connectivity index is 1.19. The van der Waals surface area contributed by atoms with Crippen molar-refractivity contribution in [3.8, 4) is 11.1 Å². The van der Waals surface area contributed by atoms with E-state index in [9.17, 15) is 14.0 Å². The van der Waals surface area contributed by atoms with Crippen molar-refractivity contribution in [2.45, 2.75) is 44.6 Å². The van der Waals surface area contributed by atoms with Gasteiger partial charge in [0.05, 0.1) is 0 Å². The first-order valence-corrected chi connectivity index (χ1v) is 12.5. The monoisotopic (exact) mass is 459 g/mol. The number of amides is 2. The van der Waals surface area contributed by atoms with E-state index in [1.165, 1.54) is 12.1 Å². The topological polar surface area (TPSA) is 53.0 Å². The predicted molar refractivity (Wildman–Crippen MR) is 129 cm³/mol. The van der Waals surface area contributed by atoms with Gasteiger partial charge in [-0.1, -0.05) is 43.3 Å². The molecule has 2 amide bonds. The molecule has 5 nitrogen and oxygen atoms in total. The highest BCUT2D eigenvalue weighted by molar-refractivity contribution is 6.16. The smallest absolute Gasteiger partial charge is 0.256 e. The average molecular weight is 460 g/mol. The third-order valence-electron chi connectivity index (χ3n) is 7.98. The first-order chi connectivity index (χ1) is 16.4. The first-order valence-electron chi connectivity index (χ1n) is 12.5. The summed E-state index contributed by atoms with van der Waals surface area (Å²) in [6.07, 6.45) is 4.71. The standard InChI is InChI=1S/C28H30FN3O2/c1-18(23-11-14-31(17-23)26(33)21-9-10-21)16-32-25(30-28(12-13-28)27(32)34)20-7-5-19(6-8-20)22-3-2-4-24(29)15-22/h2-8,15,18,21,23H,9-14,16-17H2,1H3. The number of carbonyl (C=O) groups excluding carboxylic acids is 2. The maximum atomic E-state index is 13.6. The number of hydrogen-bond donors (Lipinski definition) is 0. The van der Waals surface area contributed by atoms with E-state index in [0.29, 0.717) is 18.4 Å². The number of carbonyl (C=O) groups is 2. The van der Waals surface area contributed by atoms with Crippen molar-refractivity contribution < 1.29 is 14.0 Å². The lowest BCUT2D eigenvalue weighted by Crippen LogP contribution is -2.41. The molecule has 0 bridgehead atoms. The largest absolute Gasteiger partial charge is 0.342 e.